The van der Waals surface area contributed by atoms with Gasteiger partial charge in [-0.05, 0) is 24.3 Å². The second-order valence-electron chi connectivity index (χ2n) is 3.83. The smallest absolute Gasteiger partial charge is 0.342 e. The fourth-order valence-corrected chi connectivity index (χ4v) is 1.24. The van der Waals surface area contributed by atoms with Crippen LogP contribution >= 0.6 is 0 Å². The first kappa shape index (κ1) is 16.9. The highest BCUT2D eigenvalue weighted by Crippen LogP contribution is 2.01. The summed E-state index contributed by atoms with van der Waals surface area (Å²) in [7, 11) is 0. The molecule has 1 N–H and O–H groups in total. The minimum absolute atomic E-state index is 0.0280. The van der Waals surface area contributed by atoms with E-state index in [9.17, 15) is 14.4 Å². The van der Waals surface area contributed by atoms with E-state index in [1.54, 1.807) is 30.3 Å². The summed E-state index contributed by atoms with van der Waals surface area (Å²) < 4.78 is 9.54. The molecule has 0 radical (unpaired) electrons. The SMILES string of the molecule is O=C(O)/C=C\C(=O)OC/C=C/C=C/OC(=O)c1ccccc1. The highest BCUT2D eigenvalue weighted by molar-refractivity contribution is 5.90. The summed E-state index contributed by atoms with van der Waals surface area (Å²) in [4.78, 5) is 32.7. The molecule has 6 heteroatoms. The molecule has 0 saturated heterocycles. The molecule has 0 atom stereocenters. The van der Waals surface area contributed by atoms with Gasteiger partial charge in [0.15, 0.2) is 0 Å². The van der Waals surface area contributed by atoms with Crippen LogP contribution in [0.1, 0.15) is 10.4 Å². The number of ether oxygens (including phenoxy) is 2. The third-order valence-corrected chi connectivity index (χ3v) is 2.19. The lowest BCUT2D eigenvalue weighted by Crippen LogP contribution is -2.01. The van der Waals surface area contributed by atoms with Gasteiger partial charge in [-0.3, -0.25) is 0 Å². The van der Waals surface area contributed by atoms with E-state index in [1.165, 1.54) is 24.5 Å². The minimum atomic E-state index is -1.23. The van der Waals surface area contributed by atoms with Crippen molar-refractivity contribution >= 4 is 17.9 Å². The van der Waals surface area contributed by atoms with Crippen molar-refractivity contribution < 1.29 is 29.0 Å². The summed E-state index contributed by atoms with van der Waals surface area (Å²) in [5.74, 6) is -2.46. The average Bonchev–Trinajstić information content (AvgIpc) is 2.52. The number of hydrogen-bond donors (Lipinski definition) is 1. The normalized spacial score (nSPS) is 11.1. The van der Waals surface area contributed by atoms with Crippen molar-refractivity contribution in [1.82, 2.24) is 0 Å². The van der Waals surface area contributed by atoms with E-state index in [2.05, 4.69) is 4.74 Å². The highest BCUT2D eigenvalue weighted by Gasteiger charge is 2.02. The molecule has 0 saturated carbocycles. The summed E-state index contributed by atoms with van der Waals surface area (Å²) in [6, 6.07) is 8.52. The minimum Gasteiger partial charge on any atom is -0.478 e. The first-order valence-electron chi connectivity index (χ1n) is 6.25. The topological polar surface area (TPSA) is 89.9 Å². The Morgan fingerprint density at radius 1 is 1.05 bits per heavy atom. The molecule has 0 aromatic heterocycles. The van der Waals surface area contributed by atoms with E-state index in [4.69, 9.17) is 9.84 Å². The van der Waals surface area contributed by atoms with Crippen LogP contribution in [-0.2, 0) is 19.1 Å². The molecule has 1 rings (SSSR count). The molecule has 0 heterocycles. The first-order valence-corrected chi connectivity index (χ1v) is 6.25. The maximum atomic E-state index is 11.5. The number of allylic oxidation sites excluding steroid dienone is 2. The lowest BCUT2D eigenvalue weighted by atomic mass is 10.2. The summed E-state index contributed by atoms with van der Waals surface area (Å²) in [5.41, 5.74) is 0.440. The Hall–Kier alpha value is -3.15. The van der Waals surface area contributed by atoms with Gasteiger partial charge < -0.3 is 14.6 Å². The van der Waals surface area contributed by atoms with Crippen molar-refractivity contribution in [2.24, 2.45) is 0 Å². The Morgan fingerprint density at radius 3 is 2.45 bits per heavy atom. The van der Waals surface area contributed by atoms with Gasteiger partial charge in [-0.1, -0.05) is 24.3 Å². The predicted molar refractivity (Wildman–Crippen MR) is 77.9 cm³/mol. The summed E-state index contributed by atoms with van der Waals surface area (Å²) >= 11 is 0. The van der Waals surface area contributed by atoms with Crippen LogP contribution in [0.5, 0.6) is 0 Å². The third kappa shape index (κ3) is 7.44. The van der Waals surface area contributed by atoms with Crippen molar-refractivity contribution in [1.29, 1.82) is 0 Å². The summed E-state index contributed by atoms with van der Waals surface area (Å²) in [5, 5.41) is 8.30. The zero-order valence-corrected chi connectivity index (χ0v) is 11.5. The van der Waals surface area contributed by atoms with E-state index < -0.39 is 17.9 Å². The van der Waals surface area contributed by atoms with Gasteiger partial charge in [0.2, 0.25) is 0 Å². The van der Waals surface area contributed by atoms with E-state index in [0.717, 1.165) is 6.08 Å². The van der Waals surface area contributed by atoms with Crippen molar-refractivity contribution in [3.8, 4) is 0 Å². The molecule has 114 valence electrons. The van der Waals surface area contributed by atoms with Crippen molar-refractivity contribution in [3.63, 3.8) is 0 Å². The van der Waals surface area contributed by atoms with Crippen molar-refractivity contribution in [2.45, 2.75) is 0 Å². The van der Waals surface area contributed by atoms with Gasteiger partial charge in [-0.25, -0.2) is 14.4 Å². The third-order valence-electron chi connectivity index (χ3n) is 2.19. The Kier molecular flexibility index (Phi) is 7.46. The Balaban J connectivity index is 2.24. The number of carbonyl (C=O) groups excluding carboxylic acids is 2. The standard InChI is InChI=1S/C16H14O6/c17-14(18)9-10-15(19)21-11-5-2-6-12-22-16(20)13-7-3-1-4-8-13/h1-10,12H,11H2,(H,17,18)/b5-2+,10-9-,12-6+. The molecule has 0 aliphatic rings. The molecule has 6 nitrogen and oxygen atoms in total. The van der Waals surface area contributed by atoms with E-state index >= 15 is 0 Å². The van der Waals surface area contributed by atoms with Crippen LogP contribution in [0.4, 0.5) is 0 Å². The number of benzene rings is 1. The zero-order valence-electron chi connectivity index (χ0n) is 11.5. The van der Waals surface area contributed by atoms with Crippen LogP contribution in [0.2, 0.25) is 0 Å². The molecular weight excluding hydrogens is 288 g/mol. The predicted octanol–water partition coefficient (Wildman–Crippen LogP) is 2.10. The molecule has 1 aromatic rings. The second kappa shape index (κ2) is 9.71. The van der Waals surface area contributed by atoms with E-state index in [-0.39, 0.29) is 6.61 Å². The van der Waals surface area contributed by atoms with Gasteiger partial charge in [0.1, 0.15) is 6.61 Å². The molecule has 0 aliphatic heterocycles. The fraction of sp³-hybridized carbons (Fsp3) is 0.0625. The van der Waals surface area contributed by atoms with Gasteiger partial charge in [0.05, 0.1) is 11.8 Å². The second-order valence-corrected chi connectivity index (χ2v) is 3.83. The monoisotopic (exact) mass is 302 g/mol. The number of hydrogen-bond acceptors (Lipinski definition) is 5. The van der Waals surface area contributed by atoms with Crippen molar-refractivity contribution in [3.05, 3.63) is 72.5 Å². The first-order chi connectivity index (χ1) is 10.6. The molecule has 0 bridgehead atoms. The highest BCUT2D eigenvalue weighted by atomic mass is 16.5. The van der Waals surface area contributed by atoms with Crippen LogP contribution in [0.15, 0.2) is 67.0 Å². The van der Waals surface area contributed by atoms with E-state index in [1.807, 2.05) is 0 Å². The number of carbonyl (C=O) groups is 3. The van der Waals surface area contributed by atoms with Crippen LogP contribution in [0.3, 0.4) is 0 Å². The maximum Gasteiger partial charge on any atom is 0.342 e. The molecule has 22 heavy (non-hydrogen) atoms. The number of aliphatic carboxylic acids is 1. The number of carboxylic acid groups (broad SMARTS) is 1. The van der Waals surface area contributed by atoms with Crippen LogP contribution in [-0.4, -0.2) is 29.6 Å². The zero-order chi connectivity index (χ0) is 16.2. The molecule has 0 aliphatic carbocycles. The number of rotatable bonds is 7. The average molecular weight is 302 g/mol. The Bertz CT molecular complexity index is 598. The van der Waals surface area contributed by atoms with Gasteiger partial charge in [0.25, 0.3) is 0 Å². The molecule has 0 spiro atoms. The molecule has 0 fully saturated rings. The van der Waals surface area contributed by atoms with Gasteiger partial charge >= 0.3 is 17.9 Å². The Morgan fingerprint density at radius 2 is 1.77 bits per heavy atom. The van der Waals surface area contributed by atoms with Crippen molar-refractivity contribution in [2.75, 3.05) is 6.61 Å². The fourth-order valence-electron chi connectivity index (χ4n) is 1.24. The maximum absolute atomic E-state index is 11.5. The number of esters is 2. The van der Waals surface area contributed by atoms with E-state index in [0.29, 0.717) is 11.6 Å². The van der Waals surface area contributed by atoms with Crippen LogP contribution in [0, 0.1) is 0 Å². The lowest BCUT2D eigenvalue weighted by molar-refractivity contribution is -0.137. The number of carboxylic acids is 1. The quantitative estimate of drug-likeness (QED) is 0.359. The van der Waals surface area contributed by atoms with Crippen LogP contribution in [0.25, 0.3) is 0 Å². The summed E-state index contributed by atoms with van der Waals surface area (Å²) in [6.07, 6.45) is 7.19. The largest absolute Gasteiger partial charge is 0.478 e. The Labute approximate surface area is 127 Å². The molecular formula is C16H14O6. The lowest BCUT2D eigenvalue weighted by Gasteiger charge is -1.97. The van der Waals surface area contributed by atoms with Gasteiger partial charge in [-0.2, -0.15) is 0 Å². The van der Waals surface area contributed by atoms with Gasteiger partial charge in [-0.15, -0.1) is 0 Å². The molecule has 0 unspecified atom stereocenters. The van der Waals surface area contributed by atoms with Gasteiger partial charge in [0, 0.05) is 12.2 Å². The molecule has 0 amide bonds. The summed E-state index contributed by atoms with van der Waals surface area (Å²) in [6.45, 7) is -0.0280. The van der Waals surface area contributed by atoms with Crippen LogP contribution < -0.4 is 0 Å². The molecule has 1 aromatic carbocycles.